The van der Waals surface area contributed by atoms with Gasteiger partial charge in [0.25, 0.3) is 0 Å². The maximum absolute atomic E-state index is 5.52. The van der Waals surface area contributed by atoms with Gasteiger partial charge in [-0.1, -0.05) is 38.1 Å². The summed E-state index contributed by atoms with van der Waals surface area (Å²) < 4.78 is 6.60. The molecule has 0 saturated heterocycles. The van der Waals surface area contributed by atoms with Crippen molar-refractivity contribution in [3.63, 3.8) is 0 Å². The normalized spacial score (nSPS) is 10.9. The van der Waals surface area contributed by atoms with Crippen molar-refractivity contribution in [1.82, 2.24) is 9.97 Å². The van der Waals surface area contributed by atoms with Crippen LogP contribution in [0.5, 0.6) is 0 Å². The first-order chi connectivity index (χ1) is 14.7. The second kappa shape index (κ2) is 11.9. The van der Waals surface area contributed by atoms with Gasteiger partial charge in [-0.25, -0.2) is 4.98 Å². The van der Waals surface area contributed by atoms with E-state index in [1.165, 1.54) is 29.8 Å². The number of aromatic nitrogens is 2. The molecule has 1 N–H and O–H groups in total. The zero-order valence-electron chi connectivity index (χ0n) is 17.3. The Balaban J connectivity index is 0.000000377. The molecule has 0 aliphatic rings. The fraction of sp³-hybridized carbons (Fsp3) is 0.217. The lowest BCUT2D eigenvalue weighted by Gasteiger charge is -2.05. The van der Waals surface area contributed by atoms with Crippen molar-refractivity contribution in [1.29, 1.82) is 0 Å². The maximum atomic E-state index is 5.52. The first-order valence-electron chi connectivity index (χ1n) is 9.80. The van der Waals surface area contributed by atoms with Gasteiger partial charge in [-0.2, -0.15) is 4.28 Å². The number of fused-ring (bicyclic) bond motifs is 1. The summed E-state index contributed by atoms with van der Waals surface area (Å²) >= 11 is 4.67. The average molecular weight is 456 g/mol. The Hall–Kier alpha value is -2.19. The molecule has 3 heterocycles. The molecular formula is C23H25N3OS3. The summed E-state index contributed by atoms with van der Waals surface area (Å²) in [5.41, 5.74) is 5.90. The summed E-state index contributed by atoms with van der Waals surface area (Å²) in [5, 5.41) is 3.05. The third-order valence-corrected chi connectivity index (χ3v) is 6.60. The highest BCUT2D eigenvalue weighted by Gasteiger charge is 2.07. The summed E-state index contributed by atoms with van der Waals surface area (Å²) in [6.45, 7) is 6.37. The zero-order valence-corrected chi connectivity index (χ0v) is 19.7. The van der Waals surface area contributed by atoms with E-state index in [0.29, 0.717) is 0 Å². The lowest BCUT2D eigenvalue weighted by atomic mass is 10.2. The van der Waals surface area contributed by atoms with E-state index in [2.05, 4.69) is 59.8 Å². The van der Waals surface area contributed by atoms with Crippen LogP contribution in [0.1, 0.15) is 31.6 Å². The fourth-order valence-electron chi connectivity index (χ4n) is 2.53. The SMILES string of the molecule is CC/C=C\CC.Cc1cc(SONc2cccc(-c3nc4ccncc4s3)c2)cs1. The van der Waals surface area contributed by atoms with Crippen LogP contribution in [-0.2, 0) is 4.28 Å². The molecule has 4 aromatic rings. The van der Waals surface area contributed by atoms with Crippen LogP contribution in [-0.4, -0.2) is 9.97 Å². The quantitative estimate of drug-likeness (QED) is 0.173. The van der Waals surface area contributed by atoms with Crippen LogP contribution in [0, 0.1) is 6.92 Å². The molecule has 0 atom stereocenters. The van der Waals surface area contributed by atoms with Crippen LogP contribution in [0.3, 0.4) is 0 Å². The third-order valence-electron chi connectivity index (χ3n) is 3.94. The number of rotatable bonds is 7. The molecule has 0 fully saturated rings. The molecular weight excluding hydrogens is 430 g/mol. The Morgan fingerprint density at radius 2 is 1.97 bits per heavy atom. The van der Waals surface area contributed by atoms with Crippen LogP contribution in [0.4, 0.5) is 5.69 Å². The minimum Gasteiger partial charge on any atom is -0.263 e. The topological polar surface area (TPSA) is 47.0 Å². The second-order valence-electron chi connectivity index (χ2n) is 6.39. The van der Waals surface area contributed by atoms with Gasteiger partial charge in [0.05, 0.1) is 27.9 Å². The Kier molecular flexibility index (Phi) is 8.89. The number of allylic oxidation sites excluding steroid dienone is 2. The van der Waals surface area contributed by atoms with E-state index in [0.717, 1.165) is 31.4 Å². The van der Waals surface area contributed by atoms with Crippen LogP contribution < -0.4 is 5.48 Å². The zero-order chi connectivity index (χ0) is 21.2. The minimum absolute atomic E-state index is 0.893. The fourth-order valence-corrected chi connectivity index (χ4v) is 4.86. The Bertz CT molecular complexity index is 1050. The molecule has 156 valence electrons. The lowest BCUT2D eigenvalue weighted by molar-refractivity contribution is 0.477. The van der Waals surface area contributed by atoms with Gasteiger partial charge >= 0.3 is 0 Å². The smallest absolute Gasteiger partial charge is 0.124 e. The molecule has 4 rings (SSSR count). The number of anilines is 1. The summed E-state index contributed by atoms with van der Waals surface area (Å²) in [4.78, 5) is 11.2. The molecule has 0 spiro atoms. The second-order valence-corrected chi connectivity index (χ2v) is 9.34. The molecule has 0 amide bonds. The number of pyridine rings is 1. The lowest BCUT2D eigenvalue weighted by Crippen LogP contribution is -1.93. The molecule has 7 heteroatoms. The number of benzene rings is 1. The number of thiazole rings is 1. The van der Waals surface area contributed by atoms with Gasteiger partial charge < -0.3 is 0 Å². The molecule has 0 saturated carbocycles. The van der Waals surface area contributed by atoms with Gasteiger partial charge in [-0.15, -0.1) is 22.7 Å². The molecule has 0 aliphatic heterocycles. The summed E-state index contributed by atoms with van der Waals surface area (Å²) in [7, 11) is 0. The molecule has 3 aromatic heterocycles. The molecule has 0 aliphatic carbocycles. The Labute approximate surface area is 190 Å². The molecule has 0 bridgehead atoms. The summed E-state index contributed by atoms with van der Waals surface area (Å²) in [6.07, 6.45) is 10.3. The van der Waals surface area contributed by atoms with Crippen LogP contribution in [0.15, 0.2) is 71.2 Å². The number of aryl methyl sites for hydroxylation is 1. The number of nitrogens with one attached hydrogen (secondary N) is 1. The molecule has 30 heavy (non-hydrogen) atoms. The number of nitrogens with zero attached hydrogens (tertiary/aromatic N) is 2. The van der Waals surface area contributed by atoms with Crippen LogP contribution in [0.2, 0.25) is 0 Å². The molecule has 1 aromatic carbocycles. The van der Waals surface area contributed by atoms with E-state index >= 15 is 0 Å². The molecule has 0 unspecified atom stereocenters. The van der Waals surface area contributed by atoms with Crippen molar-refractivity contribution < 1.29 is 4.28 Å². The van der Waals surface area contributed by atoms with Crippen molar-refractivity contribution >= 4 is 50.6 Å². The monoisotopic (exact) mass is 455 g/mol. The highest BCUT2D eigenvalue weighted by Crippen LogP contribution is 2.31. The molecule has 0 radical (unpaired) electrons. The first kappa shape index (κ1) is 22.5. The largest absolute Gasteiger partial charge is 0.263 e. The van der Waals surface area contributed by atoms with Gasteiger partial charge in [0.15, 0.2) is 0 Å². The van der Waals surface area contributed by atoms with Crippen molar-refractivity contribution in [2.24, 2.45) is 0 Å². The summed E-state index contributed by atoms with van der Waals surface area (Å²) in [5.74, 6) is 0. The van der Waals surface area contributed by atoms with Gasteiger partial charge in [-0.05, 0) is 44.0 Å². The highest BCUT2D eigenvalue weighted by atomic mass is 32.2. The van der Waals surface area contributed by atoms with Crippen molar-refractivity contribution in [3.05, 3.63) is 71.2 Å². The van der Waals surface area contributed by atoms with Crippen molar-refractivity contribution in [3.8, 4) is 10.6 Å². The van der Waals surface area contributed by atoms with Gasteiger partial charge in [-0.3, -0.25) is 10.5 Å². The van der Waals surface area contributed by atoms with E-state index in [4.69, 9.17) is 4.28 Å². The van der Waals surface area contributed by atoms with Gasteiger partial charge in [0.2, 0.25) is 0 Å². The predicted octanol–water partition coefficient (Wildman–Crippen LogP) is 8.14. The Morgan fingerprint density at radius 1 is 1.13 bits per heavy atom. The van der Waals surface area contributed by atoms with Gasteiger partial charge in [0, 0.05) is 33.1 Å². The van der Waals surface area contributed by atoms with E-state index in [-0.39, 0.29) is 0 Å². The van der Waals surface area contributed by atoms with Crippen LogP contribution >= 0.6 is 34.7 Å². The standard InChI is InChI=1S/C17H13N3OS3.C6H12/c1-11-7-14(10-22-11)24-21-20-13-4-2-3-12(8-13)17-19-15-5-6-18-9-16(15)23-17;1-3-5-6-4-2/h2-10,20H,1H3;5-6H,3-4H2,1-2H3/b;6-5-. The maximum Gasteiger partial charge on any atom is 0.124 e. The van der Waals surface area contributed by atoms with Crippen molar-refractivity contribution in [2.45, 2.75) is 38.5 Å². The number of hydrogen-bond donors (Lipinski definition) is 1. The van der Waals surface area contributed by atoms with Crippen LogP contribution in [0.25, 0.3) is 20.8 Å². The third kappa shape index (κ3) is 6.67. The number of hydrogen-bond acceptors (Lipinski definition) is 7. The average Bonchev–Trinajstić information content (AvgIpc) is 3.39. The summed E-state index contributed by atoms with van der Waals surface area (Å²) in [6, 6.07) is 12.1. The number of thiophene rings is 1. The van der Waals surface area contributed by atoms with E-state index < -0.39 is 0 Å². The van der Waals surface area contributed by atoms with E-state index in [1.807, 2.05) is 36.5 Å². The first-order valence-corrected chi connectivity index (χ1v) is 12.2. The predicted molar refractivity (Wildman–Crippen MR) is 132 cm³/mol. The molecule has 4 nitrogen and oxygen atoms in total. The van der Waals surface area contributed by atoms with Crippen molar-refractivity contribution in [2.75, 3.05) is 5.48 Å². The van der Waals surface area contributed by atoms with E-state index in [1.54, 1.807) is 28.9 Å². The van der Waals surface area contributed by atoms with E-state index in [9.17, 15) is 0 Å². The minimum atomic E-state index is 0.893. The highest BCUT2D eigenvalue weighted by molar-refractivity contribution is 7.94. The van der Waals surface area contributed by atoms with Gasteiger partial charge in [0.1, 0.15) is 5.01 Å². The Morgan fingerprint density at radius 3 is 2.67 bits per heavy atom.